The molecule has 0 nitrogen and oxygen atoms in total. The molecular weight excluding hydrogens is 259 g/mol. The first-order valence-corrected chi connectivity index (χ1v) is 12.6. The summed E-state index contributed by atoms with van der Waals surface area (Å²) in [5.41, 5.74) is 0. The van der Waals surface area contributed by atoms with Gasteiger partial charge in [0.15, 0.2) is 0 Å². The molecule has 0 N–H and O–H groups in total. The SMILES string of the molecule is CCCCCCCC[PH](CC)(CCCC)CCCCC. The third kappa shape index (κ3) is 10.2. The minimum atomic E-state index is -0.896. The molecule has 0 unspecified atom stereocenters. The summed E-state index contributed by atoms with van der Waals surface area (Å²) in [7, 11) is -0.896. The standard InChI is InChI=1S/C19H43P/c1-5-9-12-13-14-16-19-20(8-4,17-11-7-3)18-15-10-6-2/h20H,5-19H2,1-4H3. The molecule has 0 aromatic heterocycles. The van der Waals surface area contributed by atoms with E-state index in [-0.39, 0.29) is 0 Å². The van der Waals surface area contributed by atoms with E-state index < -0.39 is 7.26 Å². The van der Waals surface area contributed by atoms with Crippen LogP contribution in [0.25, 0.3) is 0 Å². The Morgan fingerprint density at radius 2 is 0.850 bits per heavy atom. The van der Waals surface area contributed by atoms with Gasteiger partial charge in [0.2, 0.25) is 0 Å². The molecule has 1 heteroatoms. The summed E-state index contributed by atoms with van der Waals surface area (Å²) in [5, 5.41) is 0. The molecule has 0 aromatic carbocycles. The van der Waals surface area contributed by atoms with Crippen LogP contribution in [0.3, 0.4) is 0 Å². The van der Waals surface area contributed by atoms with Crippen molar-refractivity contribution in [3.63, 3.8) is 0 Å². The molecule has 0 aliphatic rings. The van der Waals surface area contributed by atoms with Crippen LogP contribution in [-0.2, 0) is 0 Å². The van der Waals surface area contributed by atoms with Gasteiger partial charge in [-0.05, 0) is 0 Å². The van der Waals surface area contributed by atoms with Crippen molar-refractivity contribution in [3.05, 3.63) is 0 Å². The first kappa shape index (κ1) is 20.4. The van der Waals surface area contributed by atoms with Crippen molar-refractivity contribution in [1.29, 1.82) is 0 Å². The fourth-order valence-electron chi connectivity index (χ4n) is 3.49. The van der Waals surface area contributed by atoms with E-state index in [0.29, 0.717) is 0 Å². The molecule has 20 heavy (non-hydrogen) atoms. The quantitative estimate of drug-likeness (QED) is 0.223. The molecule has 0 spiro atoms. The van der Waals surface area contributed by atoms with Crippen molar-refractivity contribution in [2.24, 2.45) is 0 Å². The van der Waals surface area contributed by atoms with Crippen LogP contribution in [0, 0.1) is 0 Å². The molecule has 0 aliphatic heterocycles. The zero-order valence-electron chi connectivity index (χ0n) is 15.1. The monoisotopic (exact) mass is 302 g/mol. The fraction of sp³-hybridized carbons (Fsp3) is 1.00. The summed E-state index contributed by atoms with van der Waals surface area (Å²) >= 11 is 0. The average Bonchev–Trinajstić information content (AvgIpc) is 2.48. The van der Waals surface area contributed by atoms with Crippen LogP contribution in [0.2, 0.25) is 0 Å². The van der Waals surface area contributed by atoms with Crippen LogP contribution in [0.15, 0.2) is 0 Å². The van der Waals surface area contributed by atoms with Gasteiger partial charge in [0.05, 0.1) is 0 Å². The van der Waals surface area contributed by atoms with Crippen LogP contribution in [0.5, 0.6) is 0 Å². The van der Waals surface area contributed by atoms with Gasteiger partial charge in [0.25, 0.3) is 0 Å². The van der Waals surface area contributed by atoms with Crippen LogP contribution in [0.1, 0.15) is 98.3 Å². The van der Waals surface area contributed by atoms with E-state index in [9.17, 15) is 0 Å². The van der Waals surface area contributed by atoms with Crippen molar-refractivity contribution < 1.29 is 0 Å². The van der Waals surface area contributed by atoms with Crippen LogP contribution >= 0.6 is 7.26 Å². The molecule has 0 saturated heterocycles. The van der Waals surface area contributed by atoms with Crippen molar-refractivity contribution in [3.8, 4) is 0 Å². The van der Waals surface area contributed by atoms with Gasteiger partial charge in [-0.2, -0.15) is 0 Å². The summed E-state index contributed by atoms with van der Waals surface area (Å²) in [5.74, 6) is 0. The average molecular weight is 303 g/mol. The van der Waals surface area contributed by atoms with Gasteiger partial charge in [0, 0.05) is 0 Å². The number of unbranched alkanes of at least 4 members (excludes halogenated alkanes) is 8. The third-order valence-corrected chi connectivity index (χ3v) is 10.9. The van der Waals surface area contributed by atoms with E-state index in [1.165, 1.54) is 64.2 Å². The zero-order chi connectivity index (χ0) is 15.1. The van der Waals surface area contributed by atoms with Gasteiger partial charge in [-0.1, -0.05) is 0 Å². The summed E-state index contributed by atoms with van der Waals surface area (Å²) in [6.45, 7) is 9.53. The fourth-order valence-corrected chi connectivity index (χ4v) is 8.40. The van der Waals surface area contributed by atoms with Crippen LogP contribution in [-0.4, -0.2) is 24.6 Å². The van der Waals surface area contributed by atoms with Crippen molar-refractivity contribution in [2.75, 3.05) is 24.6 Å². The van der Waals surface area contributed by atoms with E-state index in [1.54, 1.807) is 31.1 Å². The van der Waals surface area contributed by atoms with Gasteiger partial charge >= 0.3 is 130 Å². The second kappa shape index (κ2) is 14.4. The van der Waals surface area contributed by atoms with E-state index in [1.807, 2.05) is 0 Å². The maximum absolute atomic E-state index is 2.50. The molecule has 124 valence electrons. The summed E-state index contributed by atoms with van der Waals surface area (Å²) < 4.78 is 0. The van der Waals surface area contributed by atoms with Gasteiger partial charge in [-0.3, -0.25) is 0 Å². The Balaban J connectivity index is 4.06. The van der Waals surface area contributed by atoms with E-state index in [0.717, 1.165) is 0 Å². The van der Waals surface area contributed by atoms with Crippen molar-refractivity contribution in [2.45, 2.75) is 98.3 Å². The molecular formula is C19H43P. The number of hydrogen-bond donors (Lipinski definition) is 0. The predicted octanol–water partition coefficient (Wildman–Crippen LogP) is 7.11. The topological polar surface area (TPSA) is 0 Å². The Hall–Kier alpha value is 0.430. The predicted molar refractivity (Wildman–Crippen MR) is 101 cm³/mol. The van der Waals surface area contributed by atoms with Crippen LogP contribution < -0.4 is 0 Å². The van der Waals surface area contributed by atoms with Gasteiger partial charge in [-0.15, -0.1) is 0 Å². The van der Waals surface area contributed by atoms with E-state index in [4.69, 9.17) is 0 Å². The Bertz CT molecular complexity index is 190. The Morgan fingerprint density at radius 3 is 1.40 bits per heavy atom. The van der Waals surface area contributed by atoms with Gasteiger partial charge in [-0.25, -0.2) is 0 Å². The normalized spacial score (nSPS) is 12.8. The zero-order valence-corrected chi connectivity index (χ0v) is 16.1. The van der Waals surface area contributed by atoms with E-state index in [2.05, 4.69) is 27.7 Å². The molecule has 0 heterocycles. The summed E-state index contributed by atoms with van der Waals surface area (Å²) in [6, 6.07) is 0. The third-order valence-electron chi connectivity index (χ3n) is 5.18. The second-order valence-electron chi connectivity index (χ2n) is 6.93. The molecule has 0 aliphatic carbocycles. The van der Waals surface area contributed by atoms with Gasteiger partial charge in [0.1, 0.15) is 0 Å². The minimum absolute atomic E-state index is 0.896. The molecule has 0 amide bonds. The van der Waals surface area contributed by atoms with Crippen molar-refractivity contribution >= 4 is 7.26 Å². The van der Waals surface area contributed by atoms with Crippen molar-refractivity contribution in [1.82, 2.24) is 0 Å². The summed E-state index contributed by atoms with van der Waals surface area (Å²) in [6.07, 6.45) is 22.6. The second-order valence-corrected chi connectivity index (χ2v) is 12.1. The Labute approximate surface area is 130 Å². The molecule has 0 saturated carbocycles. The Kier molecular flexibility index (Phi) is 14.7. The molecule has 0 rings (SSSR count). The first-order valence-electron chi connectivity index (χ1n) is 9.74. The molecule has 0 bridgehead atoms. The Morgan fingerprint density at radius 1 is 0.450 bits per heavy atom. The van der Waals surface area contributed by atoms with E-state index >= 15 is 0 Å². The van der Waals surface area contributed by atoms with Gasteiger partial charge < -0.3 is 0 Å². The summed E-state index contributed by atoms with van der Waals surface area (Å²) in [4.78, 5) is 0. The molecule has 0 fully saturated rings. The first-order chi connectivity index (χ1) is 9.74. The molecule has 0 aromatic rings. The number of hydrogen-bond acceptors (Lipinski definition) is 0. The molecule has 0 radical (unpaired) electrons. The maximum atomic E-state index is 2.50. The van der Waals surface area contributed by atoms with Crippen LogP contribution in [0.4, 0.5) is 0 Å². The number of rotatable bonds is 15. The molecule has 0 atom stereocenters.